The zero-order chi connectivity index (χ0) is 23.4. The Morgan fingerprint density at radius 2 is 1.79 bits per heavy atom. The van der Waals surface area contributed by atoms with Gasteiger partial charge in [0.25, 0.3) is 0 Å². The first-order valence-corrected chi connectivity index (χ1v) is 10.8. The predicted octanol–water partition coefficient (Wildman–Crippen LogP) is 2.18. The fourth-order valence-corrected chi connectivity index (χ4v) is 3.94. The van der Waals surface area contributed by atoms with E-state index in [1.54, 1.807) is 6.92 Å². The molecule has 2 heterocycles. The van der Waals surface area contributed by atoms with Gasteiger partial charge >= 0.3 is 5.69 Å². The summed E-state index contributed by atoms with van der Waals surface area (Å²) in [7, 11) is 0. The van der Waals surface area contributed by atoms with Gasteiger partial charge < -0.3 is 15.5 Å². The summed E-state index contributed by atoms with van der Waals surface area (Å²) in [6.07, 6.45) is 1.84. The molecule has 0 atom stereocenters. The minimum absolute atomic E-state index is 0.0145. The molecular weight excluding hydrogens is 423 g/mol. The number of nitrogens with zero attached hydrogens (tertiary/aromatic N) is 5. The number of rotatable bonds is 6. The highest BCUT2D eigenvalue weighted by atomic mass is 19.1. The van der Waals surface area contributed by atoms with Crippen LogP contribution in [0.2, 0.25) is 0 Å². The van der Waals surface area contributed by atoms with Crippen molar-refractivity contribution < 1.29 is 9.18 Å². The van der Waals surface area contributed by atoms with Crippen molar-refractivity contribution in [1.29, 1.82) is 0 Å². The Hall–Kier alpha value is -3.72. The van der Waals surface area contributed by atoms with Crippen LogP contribution in [-0.2, 0) is 11.3 Å². The zero-order valence-corrected chi connectivity index (χ0v) is 18.5. The third kappa shape index (κ3) is 4.88. The third-order valence-electron chi connectivity index (χ3n) is 5.92. The van der Waals surface area contributed by atoms with Crippen molar-refractivity contribution in [2.75, 3.05) is 37.6 Å². The Morgan fingerprint density at radius 3 is 2.42 bits per heavy atom. The number of piperazine rings is 1. The lowest BCUT2D eigenvalue weighted by atomic mass is 10.0. The van der Waals surface area contributed by atoms with Gasteiger partial charge in [0.05, 0.1) is 18.6 Å². The molecule has 0 saturated carbocycles. The van der Waals surface area contributed by atoms with Gasteiger partial charge in [0.1, 0.15) is 6.33 Å². The van der Waals surface area contributed by atoms with E-state index in [-0.39, 0.29) is 24.7 Å². The van der Waals surface area contributed by atoms with E-state index in [0.717, 1.165) is 43.0 Å². The van der Waals surface area contributed by atoms with Gasteiger partial charge in [-0.25, -0.2) is 18.4 Å². The molecule has 1 aliphatic rings. The summed E-state index contributed by atoms with van der Waals surface area (Å²) >= 11 is 0. The van der Waals surface area contributed by atoms with Crippen LogP contribution < -0.4 is 16.3 Å². The third-order valence-corrected chi connectivity index (χ3v) is 5.92. The molecule has 8 nitrogen and oxygen atoms in total. The molecule has 33 heavy (non-hydrogen) atoms. The van der Waals surface area contributed by atoms with Gasteiger partial charge in [0.15, 0.2) is 0 Å². The number of carbonyl (C=O) groups is 1. The lowest BCUT2D eigenvalue weighted by molar-refractivity contribution is -0.129. The number of carbonyl (C=O) groups excluding carboxylic acids is 1. The Bertz CT molecular complexity index is 1210. The Kier molecular flexibility index (Phi) is 6.69. The van der Waals surface area contributed by atoms with E-state index in [4.69, 9.17) is 5.73 Å². The van der Waals surface area contributed by atoms with Gasteiger partial charge in [0.2, 0.25) is 5.91 Å². The van der Waals surface area contributed by atoms with Crippen LogP contribution in [0.5, 0.6) is 0 Å². The van der Waals surface area contributed by atoms with Crippen molar-refractivity contribution in [3.05, 3.63) is 77.2 Å². The van der Waals surface area contributed by atoms with Crippen LogP contribution in [0.1, 0.15) is 6.92 Å². The Labute approximate surface area is 191 Å². The average Bonchev–Trinajstić information content (AvgIpc) is 3.22. The molecule has 1 fully saturated rings. The van der Waals surface area contributed by atoms with Gasteiger partial charge in [-0.3, -0.25) is 4.79 Å². The number of hydrogen-bond acceptors (Lipinski definition) is 5. The second-order valence-electron chi connectivity index (χ2n) is 8.00. The average molecular weight is 451 g/mol. The van der Waals surface area contributed by atoms with E-state index in [1.165, 1.54) is 15.6 Å². The van der Waals surface area contributed by atoms with Crippen LogP contribution in [0.4, 0.5) is 10.1 Å². The maximum absolute atomic E-state index is 12.8. The number of nitrogens with two attached hydrogens (primary N) is 1. The molecule has 172 valence electrons. The summed E-state index contributed by atoms with van der Waals surface area (Å²) in [5.74, 6) is 0.119. The topological polar surface area (TPSA) is 89.4 Å². The highest BCUT2D eigenvalue weighted by molar-refractivity contribution is 5.73. The number of halogens is 1. The molecule has 0 spiro atoms. The van der Waals surface area contributed by atoms with Crippen molar-refractivity contribution >= 4 is 11.6 Å². The summed E-state index contributed by atoms with van der Waals surface area (Å²) in [5.41, 5.74) is 9.19. The maximum atomic E-state index is 12.8. The lowest BCUT2D eigenvalue weighted by Gasteiger charge is -2.35. The van der Waals surface area contributed by atoms with Crippen LogP contribution in [0.15, 0.2) is 71.6 Å². The van der Waals surface area contributed by atoms with Crippen molar-refractivity contribution in [3.8, 4) is 16.8 Å². The van der Waals surface area contributed by atoms with Crippen molar-refractivity contribution in [1.82, 2.24) is 19.2 Å². The molecule has 9 heteroatoms. The monoisotopic (exact) mass is 450 g/mol. The molecule has 0 aliphatic carbocycles. The Balaban J connectivity index is 1.51. The number of aromatic nitrogens is 3. The second kappa shape index (κ2) is 9.83. The van der Waals surface area contributed by atoms with E-state index in [1.807, 2.05) is 29.2 Å². The highest BCUT2D eigenvalue weighted by Gasteiger charge is 2.18. The fourth-order valence-electron chi connectivity index (χ4n) is 3.94. The summed E-state index contributed by atoms with van der Waals surface area (Å²) in [6, 6.07) is 15.9. The van der Waals surface area contributed by atoms with E-state index >= 15 is 0 Å². The van der Waals surface area contributed by atoms with E-state index in [9.17, 15) is 14.0 Å². The van der Waals surface area contributed by atoms with Crippen LogP contribution in [0, 0.1) is 0 Å². The number of amides is 1. The molecule has 0 unspecified atom stereocenters. The predicted molar refractivity (Wildman–Crippen MR) is 126 cm³/mol. The number of benzene rings is 2. The summed E-state index contributed by atoms with van der Waals surface area (Å²) in [6.45, 7) is 4.73. The molecule has 2 aromatic carbocycles. The smallest absolute Gasteiger partial charge is 0.350 e. The Morgan fingerprint density at radius 1 is 1.06 bits per heavy atom. The van der Waals surface area contributed by atoms with Gasteiger partial charge in [-0.2, -0.15) is 5.10 Å². The van der Waals surface area contributed by atoms with Crippen molar-refractivity contribution in [2.24, 2.45) is 5.73 Å². The van der Waals surface area contributed by atoms with Crippen LogP contribution in [0.3, 0.4) is 0 Å². The minimum atomic E-state index is -0.361. The van der Waals surface area contributed by atoms with Crippen LogP contribution in [0.25, 0.3) is 16.8 Å². The summed E-state index contributed by atoms with van der Waals surface area (Å²) in [5, 5.41) is 4.08. The highest BCUT2D eigenvalue weighted by Crippen LogP contribution is 2.25. The first kappa shape index (κ1) is 22.5. The molecule has 2 N–H and O–H groups in total. The molecular formula is C24H27FN6O2. The van der Waals surface area contributed by atoms with Gasteiger partial charge in [0, 0.05) is 45.3 Å². The zero-order valence-electron chi connectivity index (χ0n) is 18.5. The van der Waals surface area contributed by atoms with Crippen LogP contribution >= 0.6 is 0 Å². The van der Waals surface area contributed by atoms with Crippen molar-refractivity contribution in [2.45, 2.75) is 13.5 Å². The molecule has 1 aliphatic heterocycles. The van der Waals surface area contributed by atoms with E-state index < -0.39 is 0 Å². The largest absolute Gasteiger partial charge is 0.368 e. The molecule has 3 aromatic rings. The van der Waals surface area contributed by atoms with E-state index in [0.29, 0.717) is 17.6 Å². The van der Waals surface area contributed by atoms with Gasteiger partial charge in [-0.05, 0) is 41.0 Å². The number of anilines is 1. The molecule has 1 saturated heterocycles. The summed E-state index contributed by atoms with van der Waals surface area (Å²) in [4.78, 5) is 28.4. The van der Waals surface area contributed by atoms with Gasteiger partial charge in [-0.15, -0.1) is 0 Å². The quantitative estimate of drug-likeness (QED) is 0.622. The lowest BCUT2D eigenvalue weighted by Crippen LogP contribution is -2.48. The number of hydrogen-bond donors (Lipinski definition) is 1. The first-order valence-electron chi connectivity index (χ1n) is 10.8. The van der Waals surface area contributed by atoms with Crippen molar-refractivity contribution in [3.63, 3.8) is 0 Å². The van der Waals surface area contributed by atoms with Gasteiger partial charge in [-0.1, -0.05) is 24.3 Å². The normalized spacial score (nSPS) is 14.6. The molecule has 1 aromatic heterocycles. The SMILES string of the molecule is CC(=O)N1CCN(c2ccc(-c3cccc(-n4cnn(C/C(=C/F)CN)c4=O)c3)cc2)CC1. The maximum Gasteiger partial charge on any atom is 0.350 e. The standard InChI is InChI=1S/C24H27FN6O2/c1-18(32)28-9-11-29(12-10-28)22-7-5-20(6-8-22)21-3-2-4-23(13-21)30-17-27-31(24(30)33)16-19(14-25)15-26/h2-8,13-14,17H,9-12,15-16,26H2,1H3/b19-14+. The second-order valence-corrected chi connectivity index (χ2v) is 8.00. The minimum Gasteiger partial charge on any atom is -0.368 e. The first-order chi connectivity index (χ1) is 16.0. The molecule has 1 amide bonds. The molecule has 0 bridgehead atoms. The van der Waals surface area contributed by atoms with Crippen LogP contribution in [-0.4, -0.2) is 57.9 Å². The van der Waals surface area contributed by atoms with E-state index in [2.05, 4.69) is 34.3 Å². The fraction of sp³-hybridized carbons (Fsp3) is 0.292. The summed E-state index contributed by atoms with van der Waals surface area (Å²) < 4.78 is 15.4. The molecule has 0 radical (unpaired) electrons. The molecule has 4 rings (SSSR count).